The molecule has 0 saturated heterocycles. The van der Waals surface area contributed by atoms with E-state index in [4.69, 9.17) is 19.5 Å². The Bertz CT molecular complexity index is 942. The molecule has 0 unspecified atom stereocenters. The molecule has 0 aliphatic carbocycles. The maximum atomic E-state index is 12.5. The standard InChI is InChI=1S/C22H24N2O6S/c1-14(9-10-29-20(26)13-31)21(16-5-8-19(28-2)18(25)11-16)30-22(27)24-17-6-3-15(12-23)4-7-17/h3-8,11,14,21,25,31H,9-10,13H2,1-2H3,(H,24,27)/t14-,21-/m0/s1. The number of nitriles is 1. The van der Waals surface area contributed by atoms with Gasteiger partial charge in [0.1, 0.15) is 6.10 Å². The summed E-state index contributed by atoms with van der Waals surface area (Å²) >= 11 is 3.86. The number of phenolic OH excluding ortho intramolecular Hbond substituents is 1. The van der Waals surface area contributed by atoms with Gasteiger partial charge in [-0.3, -0.25) is 10.1 Å². The van der Waals surface area contributed by atoms with Crippen LogP contribution in [0.4, 0.5) is 10.5 Å². The average Bonchev–Trinajstić information content (AvgIpc) is 2.77. The molecule has 8 nitrogen and oxygen atoms in total. The van der Waals surface area contributed by atoms with Crippen LogP contribution < -0.4 is 10.1 Å². The van der Waals surface area contributed by atoms with Gasteiger partial charge in [-0.25, -0.2) is 4.79 Å². The minimum absolute atomic E-state index is 0.0202. The Balaban J connectivity index is 2.15. The summed E-state index contributed by atoms with van der Waals surface area (Å²) in [7, 11) is 1.44. The van der Waals surface area contributed by atoms with Crippen LogP contribution in [0.3, 0.4) is 0 Å². The molecule has 2 atom stereocenters. The highest BCUT2D eigenvalue weighted by atomic mass is 32.1. The predicted molar refractivity (Wildman–Crippen MR) is 117 cm³/mol. The molecule has 2 aromatic rings. The summed E-state index contributed by atoms with van der Waals surface area (Å²) in [6, 6.07) is 13.1. The fraction of sp³-hybridized carbons (Fsp3) is 0.318. The number of thiol groups is 1. The number of anilines is 1. The number of carbonyl (C=O) groups excluding carboxylic acids is 2. The molecular weight excluding hydrogens is 420 g/mol. The van der Waals surface area contributed by atoms with Crippen LogP contribution in [0, 0.1) is 17.2 Å². The predicted octanol–water partition coefficient (Wildman–Crippen LogP) is 4.06. The van der Waals surface area contributed by atoms with E-state index in [9.17, 15) is 14.7 Å². The fourth-order valence-electron chi connectivity index (χ4n) is 2.84. The first-order valence-corrected chi connectivity index (χ1v) is 10.1. The van der Waals surface area contributed by atoms with Crippen LogP contribution in [0.1, 0.15) is 30.6 Å². The first kappa shape index (κ1) is 23.9. The van der Waals surface area contributed by atoms with Crippen molar-refractivity contribution in [1.29, 1.82) is 5.26 Å². The minimum Gasteiger partial charge on any atom is -0.504 e. The zero-order chi connectivity index (χ0) is 22.8. The van der Waals surface area contributed by atoms with Gasteiger partial charge in [-0.05, 0) is 48.4 Å². The lowest BCUT2D eigenvalue weighted by atomic mass is 9.94. The van der Waals surface area contributed by atoms with Crippen molar-refractivity contribution in [2.45, 2.75) is 19.4 Å². The molecule has 164 valence electrons. The van der Waals surface area contributed by atoms with Gasteiger partial charge in [0.25, 0.3) is 0 Å². The lowest BCUT2D eigenvalue weighted by molar-refractivity contribution is -0.141. The molecule has 0 spiro atoms. The molecule has 2 rings (SSSR count). The smallest absolute Gasteiger partial charge is 0.412 e. The number of nitrogens with zero attached hydrogens (tertiary/aromatic N) is 1. The minimum atomic E-state index is -0.732. The summed E-state index contributed by atoms with van der Waals surface area (Å²) < 4.78 is 15.8. The third-order valence-electron chi connectivity index (χ3n) is 4.51. The van der Waals surface area contributed by atoms with Gasteiger partial charge in [-0.1, -0.05) is 13.0 Å². The number of carbonyl (C=O) groups is 2. The van der Waals surface area contributed by atoms with Gasteiger partial charge in [-0.15, -0.1) is 0 Å². The molecule has 0 heterocycles. The Morgan fingerprint density at radius 2 is 1.94 bits per heavy atom. The van der Waals surface area contributed by atoms with Gasteiger partial charge >= 0.3 is 12.1 Å². The summed E-state index contributed by atoms with van der Waals surface area (Å²) in [4.78, 5) is 23.8. The van der Waals surface area contributed by atoms with Crippen molar-refractivity contribution in [3.8, 4) is 17.6 Å². The number of hydrogen-bond acceptors (Lipinski definition) is 8. The van der Waals surface area contributed by atoms with E-state index in [1.807, 2.05) is 13.0 Å². The van der Waals surface area contributed by atoms with Crippen LogP contribution >= 0.6 is 12.6 Å². The SMILES string of the molecule is COc1ccc([C@@H](OC(=O)Nc2ccc(C#N)cc2)[C@@H](C)CCOC(=O)CS)cc1O. The molecule has 0 saturated carbocycles. The normalized spacial score (nSPS) is 12.2. The van der Waals surface area contributed by atoms with E-state index >= 15 is 0 Å². The Morgan fingerprint density at radius 3 is 2.52 bits per heavy atom. The quantitative estimate of drug-likeness (QED) is 0.394. The Kier molecular flexibility index (Phi) is 9.03. The second-order valence-electron chi connectivity index (χ2n) is 6.72. The molecule has 0 aliphatic heterocycles. The summed E-state index contributed by atoms with van der Waals surface area (Å²) in [6.45, 7) is 1.98. The molecule has 0 aromatic heterocycles. The summed E-state index contributed by atoms with van der Waals surface area (Å²) in [6.07, 6.45) is -1.02. The second-order valence-corrected chi connectivity index (χ2v) is 7.03. The van der Waals surface area contributed by atoms with Gasteiger partial charge in [0.2, 0.25) is 0 Å². The van der Waals surface area contributed by atoms with E-state index in [-0.39, 0.29) is 24.0 Å². The number of benzene rings is 2. The summed E-state index contributed by atoms with van der Waals surface area (Å²) in [5, 5.41) is 21.6. The highest BCUT2D eigenvalue weighted by molar-refractivity contribution is 7.81. The van der Waals surface area contributed by atoms with E-state index in [1.54, 1.807) is 36.4 Å². The van der Waals surface area contributed by atoms with Gasteiger partial charge in [0.05, 0.1) is 31.1 Å². The number of aromatic hydroxyl groups is 1. The monoisotopic (exact) mass is 444 g/mol. The number of rotatable bonds is 9. The van der Waals surface area contributed by atoms with Gasteiger partial charge in [0.15, 0.2) is 11.5 Å². The molecule has 2 aromatic carbocycles. The number of nitrogens with one attached hydrogen (secondary N) is 1. The van der Waals surface area contributed by atoms with Gasteiger partial charge in [-0.2, -0.15) is 17.9 Å². The number of esters is 1. The van der Waals surface area contributed by atoms with Gasteiger partial charge in [0, 0.05) is 11.6 Å². The van der Waals surface area contributed by atoms with E-state index < -0.39 is 18.2 Å². The van der Waals surface area contributed by atoms with Crippen molar-refractivity contribution in [3.63, 3.8) is 0 Å². The van der Waals surface area contributed by atoms with Crippen molar-refractivity contribution in [1.82, 2.24) is 0 Å². The highest BCUT2D eigenvalue weighted by Crippen LogP contribution is 2.35. The van der Waals surface area contributed by atoms with Gasteiger partial charge < -0.3 is 19.3 Å². The van der Waals surface area contributed by atoms with Crippen molar-refractivity contribution in [2.24, 2.45) is 5.92 Å². The van der Waals surface area contributed by atoms with Crippen LogP contribution in [-0.4, -0.2) is 36.6 Å². The maximum Gasteiger partial charge on any atom is 0.412 e. The second kappa shape index (κ2) is 11.7. The average molecular weight is 445 g/mol. The number of methoxy groups -OCH3 is 1. The van der Waals surface area contributed by atoms with Crippen molar-refractivity contribution < 1.29 is 28.9 Å². The molecule has 0 radical (unpaired) electrons. The van der Waals surface area contributed by atoms with Crippen LogP contribution in [0.5, 0.6) is 11.5 Å². The lowest BCUT2D eigenvalue weighted by Crippen LogP contribution is -2.23. The molecule has 9 heteroatoms. The zero-order valence-corrected chi connectivity index (χ0v) is 18.1. The topological polar surface area (TPSA) is 118 Å². The summed E-state index contributed by atoms with van der Waals surface area (Å²) in [5.41, 5.74) is 1.49. The maximum absolute atomic E-state index is 12.5. The van der Waals surface area contributed by atoms with Crippen LogP contribution in [0.15, 0.2) is 42.5 Å². The summed E-state index contributed by atoms with van der Waals surface area (Å²) in [5.74, 6) is -0.496. The van der Waals surface area contributed by atoms with Crippen LogP contribution in [0.25, 0.3) is 0 Å². The Hall–Kier alpha value is -3.38. The van der Waals surface area contributed by atoms with Crippen LogP contribution in [0.2, 0.25) is 0 Å². The zero-order valence-electron chi connectivity index (χ0n) is 17.2. The van der Waals surface area contributed by atoms with Crippen molar-refractivity contribution >= 4 is 30.4 Å². The first-order valence-electron chi connectivity index (χ1n) is 9.49. The van der Waals surface area contributed by atoms with E-state index in [1.165, 1.54) is 13.2 Å². The van der Waals surface area contributed by atoms with E-state index in [0.717, 1.165) is 0 Å². The lowest BCUT2D eigenvalue weighted by Gasteiger charge is -2.25. The molecule has 2 N–H and O–H groups in total. The molecule has 1 amide bonds. The number of amides is 1. The third-order valence-corrected chi connectivity index (χ3v) is 4.77. The molecule has 0 bridgehead atoms. The van der Waals surface area contributed by atoms with Crippen molar-refractivity contribution in [3.05, 3.63) is 53.6 Å². The largest absolute Gasteiger partial charge is 0.504 e. The molecule has 0 fully saturated rings. The number of ether oxygens (including phenoxy) is 3. The molecule has 31 heavy (non-hydrogen) atoms. The van der Waals surface area contributed by atoms with E-state index in [2.05, 4.69) is 17.9 Å². The van der Waals surface area contributed by atoms with E-state index in [0.29, 0.717) is 29.0 Å². The first-order chi connectivity index (χ1) is 14.9. The van der Waals surface area contributed by atoms with Crippen molar-refractivity contribution in [2.75, 3.05) is 24.8 Å². The Morgan fingerprint density at radius 1 is 1.23 bits per heavy atom. The number of hydrogen-bond donors (Lipinski definition) is 3. The fourth-order valence-corrected chi connectivity index (χ4v) is 2.93. The van der Waals surface area contributed by atoms with Crippen LogP contribution in [-0.2, 0) is 14.3 Å². The highest BCUT2D eigenvalue weighted by Gasteiger charge is 2.25. The third kappa shape index (κ3) is 7.12. The molecule has 0 aliphatic rings. The molecular formula is C22H24N2O6S. The number of phenols is 1. The Labute approximate surface area is 186 Å².